The summed E-state index contributed by atoms with van der Waals surface area (Å²) < 4.78 is 35.5. The maximum atomic E-state index is 12.6. The zero-order valence-electron chi connectivity index (χ0n) is 9.08. The van der Waals surface area contributed by atoms with Crippen LogP contribution in [-0.2, 0) is 4.74 Å². The van der Waals surface area contributed by atoms with Crippen molar-refractivity contribution in [3.8, 4) is 5.75 Å². The molecule has 0 heterocycles. The van der Waals surface area contributed by atoms with Crippen molar-refractivity contribution in [2.75, 3.05) is 25.6 Å². The van der Waals surface area contributed by atoms with E-state index in [-0.39, 0.29) is 17.9 Å². The Balaban J connectivity index is 2.64. The number of ether oxygens (including phenoxy) is 2. The Hall–Kier alpha value is -1.36. The molecule has 1 rings (SSSR count). The Morgan fingerprint density at radius 1 is 1.31 bits per heavy atom. The summed E-state index contributed by atoms with van der Waals surface area (Å²) in [5.74, 6) is 0.156. The van der Waals surface area contributed by atoms with Crippen molar-refractivity contribution < 1.29 is 18.3 Å². The van der Waals surface area contributed by atoms with Crippen LogP contribution in [0.3, 0.4) is 0 Å². The van der Waals surface area contributed by atoms with E-state index < -0.39 is 6.43 Å². The monoisotopic (exact) mass is 231 g/mol. The van der Waals surface area contributed by atoms with Crippen LogP contribution < -0.4 is 10.5 Å². The number of halogens is 2. The Labute approximate surface area is 93.2 Å². The van der Waals surface area contributed by atoms with Gasteiger partial charge < -0.3 is 15.2 Å². The van der Waals surface area contributed by atoms with Crippen molar-refractivity contribution in [3.63, 3.8) is 0 Å². The molecule has 0 aliphatic heterocycles. The van der Waals surface area contributed by atoms with E-state index in [2.05, 4.69) is 0 Å². The standard InChI is InChI=1S/C11H15F2NO2/c1-2-15-5-6-16-10-4-3-8(14)7-9(10)11(12)13/h3-4,7,11H,2,5-6,14H2,1H3. The van der Waals surface area contributed by atoms with E-state index in [4.69, 9.17) is 15.2 Å². The summed E-state index contributed by atoms with van der Waals surface area (Å²) in [5.41, 5.74) is 5.54. The molecular weight excluding hydrogens is 216 g/mol. The second-order valence-electron chi connectivity index (χ2n) is 3.14. The van der Waals surface area contributed by atoms with E-state index in [1.165, 1.54) is 18.2 Å². The van der Waals surface area contributed by atoms with Crippen LogP contribution in [0.25, 0.3) is 0 Å². The molecule has 16 heavy (non-hydrogen) atoms. The number of benzene rings is 1. The summed E-state index contributed by atoms with van der Waals surface area (Å²) in [5, 5.41) is 0. The Bertz CT molecular complexity index is 332. The molecule has 0 atom stereocenters. The van der Waals surface area contributed by atoms with Crippen LogP contribution in [0.1, 0.15) is 18.9 Å². The summed E-state index contributed by atoms with van der Waals surface area (Å²) in [6.07, 6.45) is -2.59. The Morgan fingerprint density at radius 3 is 2.69 bits per heavy atom. The predicted molar refractivity (Wildman–Crippen MR) is 57.8 cm³/mol. The topological polar surface area (TPSA) is 44.5 Å². The van der Waals surface area contributed by atoms with E-state index in [0.29, 0.717) is 18.9 Å². The molecule has 0 saturated heterocycles. The third kappa shape index (κ3) is 3.66. The minimum atomic E-state index is -2.59. The zero-order valence-corrected chi connectivity index (χ0v) is 9.08. The molecule has 90 valence electrons. The maximum absolute atomic E-state index is 12.6. The number of alkyl halides is 2. The van der Waals surface area contributed by atoms with Crippen molar-refractivity contribution in [2.45, 2.75) is 13.3 Å². The fraction of sp³-hybridized carbons (Fsp3) is 0.455. The van der Waals surface area contributed by atoms with Crippen LogP contribution in [0.5, 0.6) is 5.75 Å². The number of nitrogens with two attached hydrogens (primary N) is 1. The molecule has 0 fully saturated rings. The van der Waals surface area contributed by atoms with Gasteiger partial charge in [-0.2, -0.15) is 0 Å². The Kier molecular flexibility index (Phi) is 4.98. The van der Waals surface area contributed by atoms with Gasteiger partial charge in [-0.05, 0) is 25.1 Å². The van der Waals surface area contributed by atoms with Crippen LogP contribution in [0.4, 0.5) is 14.5 Å². The van der Waals surface area contributed by atoms with Gasteiger partial charge in [-0.25, -0.2) is 8.78 Å². The molecule has 0 spiro atoms. The molecule has 0 amide bonds. The highest BCUT2D eigenvalue weighted by Crippen LogP contribution is 2.30. The normalized spacial score (nSPS) is 10.8. The smallest absolute Gasteiger partial charge is 0.267 e. The number of nitrogen functional groups attached to an aromatic ring is 1. The minimum absolute atomic E-state index is 0.156. The van der Waals surface area contributed by atoms with Crippen LogP contribution in [-0.4, -0.2) is 19.8 Å². The molecule has 0 bridgehead atoms. The SMILES string of the molecule is CCOCCOc1ccc(N)cc1C(F)F. The predicted octanol–water partition coefficient (Wildman–Crippen LogP) is 2.62. The fourth-order valence-corrected chi connectivity index (χ4v) is 1.22. The van der Waals surface area contributed by atoms with Gasteiger partial charge in [-0.15, -0.1) is 0 Å². The lowest BCUT2D eigenvalue weighted by atomic mass is 10.2. The quantitative estimate of drug-likeness (QED) is 0.604. The molecule has 2 N–H and O–H groups in total. The van der Waals surface area contributed by atoms with E-state index >= 15 is 0 Å². The van der Waals surface area contributed by atoms with Crippen molar-refractivity contribution in [1.82, 2.24) is 0 Å². The minimum Gasteiger partial charge on any atom is -0.491 e. The lowest BCUT2D eigenvalue weighted by molar-refractivity contribution is 0.105. The third-order valence-corrected chi connectivity index (χ3v) is 1.96. The van der Waals surface area contributed by atoms with Crippen molar-refractivity contribution in [2.24, 2.45) is 0 Å². The average Bonchev–Trinajstić information content (AvgIpc) is 2.26. The van der Waals surface area contributed by atoms with Crippen LogP contribution in [0.2, 0.25) is 0 Å². The molecule has 0 aromatic heterocycles. The van der Waals surface area contributed by atoms with Crippen molar-refractivity contribution in [1.29, 1.82) is 0 Å². The van der Waals surface area contributed by atoms with Gasteiger partial charge in [0, 0.05) is 12.3 Å². The molecule has 0 saturated carbocycles. The third-order valence-electron chi connectivity index (χ3n) is 1.96. The summed E-state index contributed by atoms with van der Waals surface area (Å²) in [4.78, 5) is 0. The first-order valence-corrected chi connectivity index (χ1v) is 5.03. The van der Waals surface area contributed by atoms with Crippen LogP contribution >= 0.6 is 0 Å². The van der Waals surface area contributed by atoms with Gasteiger partial charge in [0.25, 0.3) is 6.43 Å². The van der Waals surface area contributed by atoms with E-state index in [1.54, 1.807) is 0 Å². The molecular formula is C11H15F2NO2. The molecule has 0 aliphatic rings. The number of hydrogen-bond donors (Lipinski definition) is 1. The maximum Gasteiger partial charge on any atom is 0.267 e. The lowest BCUT2D eigenvalue weighted by Crippen LogP contribution is -2.08. The van der Waals surface area contributed by atoms with Gasteiger partial charge in [0.2, 0.25) is 0 Å². The van der Waals surface area contributed by atoms with E-state index in [1.807, 2.05) is 6.92 Å². The highest BCUT2D eigenvalue weighted by atomic mass is 19.3. The summed E-state index contributed by atoms with van der Waals surface area (Å²) in [6.45, 7) is 3.06. The molecule has 0 radical (unpaired) electrons. The highest BCUT2D eigenvalue weighted by molar-refractivity contribution is 5.48. The summed E-state index contributed by atoms with van der Waals surface area (Å²) in [7, 11) is 0. The highest BCUT2D eigenvalue weighted by Gasteiger charge is 2.14. The first kappa shape index (κ1) is 12.7. The van der Waals surface area contributed by atoms with Gasteiger partial charge in [-0.3, -0.25) is 0 Å². The van der Waals surface area contributed by atoms with Gasteiger partial charge >= 0.3 is 0 Å². The average molecular weight is 231 g/mol. The van der Waals surface area contributed by atoms with E-state index in [0.717, 1.165) is 0 Å². The van der Waals surface area contributed by atoms with Gasteiger partial charge in [0.05, 0.1) is 12.2 Å². The molecule has 0 unspecified atom stereocenters. The van der Waals surface area contributed by atoms with Gasteiger partial charge in [0.1, 0.15) is 12.4 Å². The zero-order chi connectivity index (χ0) is 12.0. The first-order valence-electron chi connectivity index (χ1n) is 5.03. The van der Waals surface area contributed by atoms with Crippen LogP contribution in [0.15, 0.2) is 18.2 Å². The number of anilines is 1. The number of rotatable bonds is 6. The fourth-order valence-electron chi connectivity index (χ4n) is 1.22. The first-order chi connectivity index (χ1) is 7.65. The van der Waals surface area contributed by atoms with Gasteiger partial charge in [-0.1, -0.05) is 0 Å². The Morgan fingerprint density at radius 2 is 2.06 bits per heavy atom. The van der Waals surface area contributed by atoms with Crippen molar-refractivity contribution >= 4 is 5.69 Å². The molecule has 5 heteroatoms. The molecule has 1 aromatic carbocycles. The second-order valence-corrected chi connectivity index (χ2v) is 3.14. The lowest BCUT2D eigenvalue weighted by Gasteiger charge is -2.11. The van der Waals surface area contributed by atoms with Crippen molar-refractivity contribution in [3.05, 3.63) is 23.8 Å². The molecule has 1 aromatic rings. The summed E-state index contributed by atoms with van der Waals surface area (Å²) in [6, 6.07) is 4.20. The van der Waals surface area contributed by atoms with Crippen LogP contribution in [0, 0.1) is 0 Å². The van der Waals surface area contributed by atoms with E-state index in [9.17, 15) is 8.78 Å². The molecule has 3 nitrogen and oxygen atoms in total. The summed E-state index contributed by atoms with van der Waals surface area (Å²) >= 11 is 0. The van der Waals surface area contributed by atoms with Gasteiger partial charge in [0.15, 0.2) is 0 Å². The number of hydrogen-bond acceptors (Lipinski definition) is 3. The largest absolute Gasteiger partial charge is 0.491 e. The second kappa shape index (κ2) is 6.27. The molecule has 0 aliphatic carbocycles.